The summed E-state index contributed by atoms with van der Waals surface area (Å²) in [4.78, 5) is 10.8. The second-order valence-corrected chi connectivity index (χ2v) is 5.35. The molecule has 1 unspecified atom stereocenters. The van der Waals surface area contributed by atoms with Gasteiger partial charge in [0.25, 0.3) is 5.91 Å². The van der Waals surface area contributed by atoms with Gasteiger partial charge in [-0.2, -0.15) is 4.36 Å². The number of benzene rings is 1. The quantitative estimate of drug-likeness (QED) is 0.753. The van der Waals surface area contributed by atoms with E-state index in [9.17, 15) is 13.4 Å². The molecule has 0 aliphatic heterocycles. The van der Waals surface area contributed by atoms with Gasteiger partial charge in [-0.3, -0.25) is 4.79 Å². The van der Waals surface area contributed by atoms with Crippen LogP contribution in [0.4, 0.5) is 4.39 Å². The molecule has 3 nitrogen and oxygen atoms in total. The Morgan fingerprint density at radius 3 is 2.67 bits per heavy atom. The predicted octanol–water partition coefficient (Wildman–Crippen LogP) is 2.05. The van der Waals surface area contributed by atoms with Gasteiger partial charge in [-0.25, -0.2) is 8.60 Å². The summed E-state index contributed by atoms with van der Waals surface area (Å²) in [5.74, 6) is -1.72. The minimum absolute atomic E-state index is 0.0801. The minimum atomic E-state index is -3.04. The van der Waals surface area contributed by atoms with Crippen LogP contribution in [0, 0.1) is 5.82 Å². The lowest BCUT2D eigenvalue weighted by Gasteiger charge is -2.03. The Hall–Kier alpha value is -0.940. The molecule has 0 saturated carbocycles. The summed E-state index contributed by atoms with van der Waals surface area (Å²) >= 11 is 5.22. The molecule has 82 valence electrons. The van der Waals surface area contributed by atoms with Crippen LogP contribution < -0.4 is 0 Å². The number of alkyl halides is 1. The van der Waals surface area contributed by atoms with Crippen LogP contribution in [0.1, 0.15) is 0 Å². The maximum Gasteiger partial charge on any atom is 0.268 e. The van der Waals surface area contributed by atoms with Crippen molar-refractivity contribution in [1.82, 2.24) is 0 Å². The van der Waals surface area contributed by atoms with Crippen molar-refractivity contribution in [3.05, 3.63) is 30.1 Å². The van der Waals surface area contributed by atoms with Crippen molar-refractivity contribution in [2.45, 2.75) is 4.90 Å². The molecule has 0 heterocycles. The van der Waals surface area contributed by atoms with Crippen LogP contribution in [0.3, 0.4) is 0 Å². The zero-order valence-corrected chi connectivity index (χ0v) is 9.52. The van der Waals surface area contributed by atoms with Gasteiger partial charge in [-0.15, -0.1) is 11.6 Å². The van der Waals surface area contributed by atoms with Crippen molar-refractivity contribution in [1.29, 1.82) is 0 Å². The highest BCUT2D eigenvalue weighted by atomic mass is 35.5. The Morgan fingerprint density at radius 2 is 2.13 bits per heavy atom. The third-order valence-corrected chi connectivity index (χ3v) is 3.56. The number of halogens is 2. The summed E-state index contributed by atoms with van der Waals surface area (Å²) in [6.07, 6.45) is 1.20. The van der Waals surface area contributed by atoms with Crippen LogP contribution in [-0.2, 0) is 14.5 Å². The van der Waals surface area contributed by atoms with E-state index >= 15 is 0 Å². The Kier molecular flexibility index (Phi) is 3.82. The monoisotopic (exact) mass is 249 g/mol. The average molecular weight is 250 g/mol. The molecule has 0 spiro atoms. The number of carbonyl (C=O) groups excluding carboxylic acids is 1. The van der Waals surface area contributed by atoms with E-state index in [1.807, 2.05) is 0 Å². The topological polar surface area (TPSA) is 46.5 Å². The van der Waals surface area contributed by atoms with Gasteiger partial charge >= 0.3 is 0 Å². The fraction of sp³-hybridized carbons (Fsp3) is 0.222. The summed E-state index contributed by atoms with van der Waals surface area (Å²) in [6, 6.07) is 5.50. The Morgan fingerprint density at radius 1 is 1.53 bits per heavy atom. The number of nitrogens with zero attached hydrogens (tertiary/aromatic N) is 1. The number of rotatable bonds is 2. The van der Waals surface area contributed by atoms with Crippen molar-refractivity contribution < 1.29 is 13.4 Å². The molecule has 6 heteroatoms. The maximum absolute atomic E-state index is 13.3. The lowest BCUT2D eigenvalue weighted by atomic mass is 10.4. The SMILES string of the molecule is CS(=O)(=NC(=O)CCl)c1ccccc1F. The van der Waals surface area contributed by atoms with E-state index in [4.69, 9.17) is 11.6 Å². The van der Waals surface area contributed by atoms with E-state index in [-0.39, 0.29) is 10.8 Å². The van der Waals surface area contributed by atoms with E-state index in [1.54, 1.807) is 0 Å². The van der Waals surface area contributed by atoms with Crippen LogP contribution in [0.25, 0.3) is 0 Å². The molecule has 0 aliphatic rings. The molecule has 0 radical (unpaired) electrons. The van der Waals surface area contributed by atoms with Gasteiger partial charge in [-0.1, -0.05) is 12.1 Å². The van der Waals surface area contributed by atoms with Crippen molar-refractivity contribution in [2.24, 2.45) is 4.36 Å². The maximum atomic E-state index is 13.3. The Balaban J connectivity index is 3.29. The van der Waals surface area contributed by atoms with Crippen LogP contribution >= 0.6 is 11.6 Å². The molecule has 15 heavy (non-hydrogen) atoms. The Labute approximate surface area is 92.4 Å². The summed E-state index contributed by atoms with van der Waals surface area (Å²) < 4.78 is 28.5. The summed E-state index contributed by atoms with van der Waals surface area (Å²) in [7, 11) is -3.04. The van der Waals surface area contributed by atoms with E-state index in [0.29, 0.717) is 0 Å². The smallest absolute Gasteiger partial charge is 0.268 e. The normalized spacial score (nSPS) is 14.3. The predicted molar refractivity (Wildman–Crippen MR) is 56.9 cm³/mol. The van der Waals surface area contributed by atoms with Crippen LogP contribution in [0.15, 0.2) is 33.5 Å². The van der Waals surface area contributed by atoms with E-state index in [2.05, 4.69) is 4.36 Å². The van der Waals surface area contributed by atoms with Gasteiger partial charge in [0.1, 0.15) is 11.7 Å². The number of hydrogen-bond donors (Lipinski definition) is 0. The van der Waals surface area contributed by atoms with Gasteiger partial charge in [-0.05, 0) is 12.1 Å². The van der Waals surface area contributed by atoms with Gasteiger partial charge in [0.15, 0.2) is 0 Å². The summed E-state index contributed by atoms with van der Waals surface area (Å²) in [6.45, 7) is 0. The molecule has 1 rings (SSSR count). The molecule has 0 aromatic heterocycles. The van der Waals surface area contributed by atoms with E-state index in [0.717, 1.165) is 0 Å². The first-order valence-electron chi connectivity index (χ1n) is 4.03. The van der Waals surface area contributed by atoms with Crippen molar-refractivity contribution in [3.8, 4) is 0 Å². The molecule has 0 fully saturated rings. The van der Waals surface area contributed by atoms with Crippen molar-refractivity contribution in [3.63, 3.8) is 0 Å². The lowest BCUT2D eigenvalue weighted by molar-refractivity contribution is -0.115. The number of hydrogen-bond acceptors (Lipinski definition) is 2. The molecule has 0 bridgehead atoms. The van der Waals surface area contributed by atoms with Gasteiger partial charge < -0.3 is 0 Å². The molecular formula is C9H9ClFNO2S. The lowest BCUT2D eigenvalue weighted by Crippen LogP contribution is -2.05. The van der Waals surface area contributed by atoms with Gasteiger partial charge in [0, 0.05) is 6.26 Å². The van der Waals surface area contributed by atoms with E-state index < -0.39 is 21.5 Å². The highest BCUT2D eigenvalue weighted by molar-refractivity contribution is 7.93. The van der Waals surface area contributed by atoms with Gasteiger partial charge in [0.2, 0.25) is 0 Å². The summed E-state index contributed by atoms with van der Waals surface area (Å²) in [5.41, 5.74) is 0. The van der Waals surface area contributed by atoms with E-state index in [1.165, 1.54) is 30.5 Å². The van der Waals surface area contributed by atoms with Crippen molar-refractivity contribution in [2.75, 3.05) is 12.1 Å². The fourth-order valence-electron chi connectivity index (χ4n) is 1.02. The first-order valence-corrected chi connectivity index (χ1v) is 6.48. The molecule has 0 saturated heterocycles. The summed E-state index contributed by atoms with van der Waals surface area (Å²) in [5, 5.41) is 0. The van der Waals surface area contributed by atoms with Crippen molar-refractivity contribution >= 4 is 27.2 Å². The number of carbonyl (C=O) groups is 1. The average Bonchev–Trinajstić information content (AvgIpc) is 2.17. The highest BCUT2D eigenvalue weighted by Gasteiger charge is 2.12. The zero-order chi connectivity index (χ0) is 11.5. The second kappa shape index (κ2) is 4.72. The minimum Gasteiger partial charge on any atom is -0.271 e. The molecule has 1 aromatic rings. The molecular weight excluding hydrogens is 241 g/mol. The van der Waals surface area contributed by atoms with Crippen LogP contribution in [-0.4, -0.2) is 22.3 Å². The molecule has 1 atom stereocenters. The number of amides is 1. The highest BCUT2D eigenvalue weighted by Crippen LogP contribution is 2.15. The molecule has 1 amide bonds. The zero-order valence-electron chi connectivity index (χ0n) is 7.94. The fourth-order valence-corrected chi connectivity index (χ4v) is 2.46. The molecule has 1 aromatic carbocycles. The standard InChI is InChI=1S/C9H9ClFNO2S/c1-15(14,12-9(13)6-10)8-5-3-2-4-7(8)11/h2-5H,6H2,1H3. The molecule has 0 aliphatic carbocycles. The first kappa shape index (κ1) is 12.1. The second-order valence-electron chi connectivity index (χ2n) is 2.85. The Bertz CT molecular complexity index is 495. The van der Waals surface area contributed by atoms with Crippen LogP contribution in [0.2, 0.25) is 0 Å². The van der Waals surface area contributed by atoms with Crippen LogP contribution in [0.5, 0.6) is 0 Å². The first-order chi connectivity index (χ1) is 6.97. The third-order valence-electron chi connectivity index (χ3n) is 1.64. The third kappa shape index (κ3) is 3.00. The van der Waals surface area contributed by atoms with Gasteiger partial charge in [0.05, 0.1) is 14.6 Å². The molecule has 0 N–H and O–H groups in total. The largest absolute Gasteiger partial charge is 0.271 e.